The summed E-state index contributed by atoms with van der Waals surface area (Å²) in [4.78, 5) is 22.7. The first-order valence-electron chi connectivity index (χ1n) is 12.5. The average molecular weight is 545 g/mol. The van der Waals surface area contributed by atoms with E-state index < -0.39 is 5.78 Å². The highest BCUT2D eigenvalue weighted by molar-refractivity contribution is 6.16. The van der Waals surface area contributed by atoms with Gasteiger partial charge in [-0.05, 0) is 49.2 Å². The quantitative estimate of drug-likeness (QED) is 0.214. The van der Waals surface area contributed by atoms with Crippen LogP contribution in [0.1, 0.15) is 38.2 Å². The first-order valence-corrected chi connectivity index (χ1v) is 12.5. The van der Waals surface area contributed by atoms with Gasteiger partial charge in [-0.3, -0.25) is 14.8 Å². The second kappa shape index (κ2) is 12.8. The van der Waals surface area contributed by atoms with Gasteiger partial charge < -0.3 is 28.4 Å². The van der Waals surface area contributed by atoms with Crippen molar-refractivity contribution in [1.82, 2.24) is 9.97 Å². The standard InChI is InChI=1S/C31H32N2O7/c1-19-13-23(35-3)25(30(37-5)28(19)39-17-21-9-7-11-32-15-21)27(34)26-24(36-4)14-20(2)29(31(26)38-6)40-18-22-10-8-12-33-16-22/h7-16H,17-18H2,1-6H3. The molecule has 0 radical (unpaired) electrons. The van der Waals surface area contributed by atoms with Crippen LogP contribution in [0.15, 0.2) is 61.2 Å². The van der Waals surface area contributed by atoms with Crippen molar-refractivity contribution in [2.75, 3.05) is 28.4 Å². The Bertz CT molecular complexity index is 1360. The van der Waals surface area contributed by atoms with Crippen molar-refractivity contribution < 1.29 is 33.2 Å². The topological polar surface area (TPSA) is 98.2 Å². The molecule has 2 heterocycles. The molecule has 40 heavy (non-hydrogen) atoms. The molecule has 4 rings (SSSR count). The van der Waals surface area contributed by atoms with Crippen molar-refractivity contribution in [2.24, 2.45) is 0 Å². The van der Waals surface area contributed by atoms with Gasteiger partial charge in [-0.1, -0.05) is 12.1 Å². The number of nitrogens with zero attached hydrogens (tertiary/aromatic N) is 2. The smallest absolute Gasteiger partial charge is 0.208 e. The molecule has 2 aromatic heterocycles. The van der Waals surface area contributed by atoms with Crippen molar-refractivity contribution >= 4 is 5.78 Å². The Hall–Kier alpha value is -4.79. The second-order valence-corrected chi connectivity index (χ2v) is 8.90. The summed E-state index contributed by atoms with van der Waals surface area (Å²) in [6.07, 6.45) is 6.81. The van der Waals surface area contributed by atoms with Gasteiger partial charge in [0.05, 0.1) is 28.4 Å². The third-order valence-corrected chi connectivity index (χ3v) is 6.29. The lowest BCUT2D eigenvalue weighted by Gasteiger charge is -2.22. The van der Waals surface area contributed by atoms with Gasteiger partial charge in [-0.2, -0.15) is 0 Å². The van der Waals surface area contributed by atoms with E-state index in [1.807, 2.05) is 38.1 Å². The summed E-state index contributed by atoms with van der Waals surface area (Å²) in [6, 6.07) is 10.9. The van der Waals surface area contributed by atoms with E-state index in [-0.39, 0.29) is 35.8 Å². The highest BCUT2D eigenvalue weighted by Crippen LogP contribution is 2.47. The summed E-state index contributed by atoms with van der Waals surface area (Å²) in [5, 5.41) is 0. The Morgan fingerprint density at radius 3 is 1.40 bits per heavy atom. The molecule has 2 aromatic carbocycles. The minimum atomic E-state index is -0.445. The number of pyridine rings is 2. The van der Waals surface area contributed by atoms with Gasteiger partial charge in [0.25, 0.3) is 0 Å². The molecule has 0 N–H and O–H groups in total. The van der Waals surface area contributed by atoms with Crippen LogP contribution in [0.3, 0.4) is 0 Å². The van der Waals surface area contributed by atoms with Gasteiger partial charge in [0, 0.05) is 35.9 Å². The highest BCUT2D eigenvalue weighted by atomic mass is 16.5. The molecule has 0 saturated carbocycles. The number of methoxy groups -OCH3 is 4. The van der Waals surface area contributed by atoms with Crippen LogP contribution in [0.2, 0.25) is 0 Å². The van der Waals surface area contributed by atoms with Gasteiger partial charge >= 0.3 is 0 Å². The molecule has 9 nitrogen and oxygen atoms in total. The summed E-state index contributed by atoms with van der Waals surface area (Å²) in [6.45, 7) is 4.17. The maximum absolute atomic E-state index is 14.4. The monoisotopic (exact) mass is 544 g/mol. The van der Waals surface area contributed by atoms with Crippen LogP contribution in [-0.4, -0.2) is 44.2 Å². The number of carbonyl (C=O) groups is 1. The summed E-state index contributed by atoms with van der Waals surface area (Å²) < 4.78 is 35.1. The fraction of sp³-hybridized carbons (Fsp3) is 0.258. The molecular formula is C31H32N2O7. The normalized spacial score (nSPS) is 10.6. The first-order chi connectivity index (χ1) is 19.4. The fourth-order valence-electron chi connectivity index (χ4n) is 4.38. The van der Waals surface area contributed by atoms with Crippen molar-refractivity contribution in [1.29, 1.82) is 0 Å². The Labute approximate surface area is 233 Å². The van der Waals surface area contributed by atoms with Crippen molar-refractivity contribution in [3.8, 4) is 34.5 Å². The van der Waals surface area contributed by atoms with Crippen molar-refractivity contribution in [3.63, 3.8) is 0 Å². The van der Waals surface area contributed by atoms with Gasteiger partial charge in [0.15, 0.2) is 23.0 Å². The molecule has 0 unspecified atom stereocenters. The third kappa shape index (κ3) is 5.78. The van der Waals surface area contributed by atoms with E-state index in [0.717, 1.165) is 22.3 Å². The number of aryl methyl sites for hydroxylation is 2. The summed E-state index contributed by atoms with van der Waals surface area (Å²) >= 11 is 0. The Morgan fingerprint density at radius 1 is 0.650 bits per heavy atom. The predicted molar refractivity (Wildman–Crippen MR) is 149 cm³/mol. The number of ether oxygens (including phenoxy) is 6. The number of carbonyl (C=O) groups excluding carboxylic acids is 1. The van der Waals surface area contributed by atoms with Crippen LogP contribution in [0, 0.1) is 13.8 Å². The lowest BCUT2D eigenvalue weighted by Crippen LogP contribution is -2.13. The minimum absolute atomic E-state index is 0.162. The predicted octanol–water partition coefficient (Wildman–Crippen LogP) is 5.52. The molecule has 0 aliphatic heterocycles. The van der Waals surface area contributed by atoms with Gasteiger partial charge in [0.2, 0.25) is 5.78 Å². The lowest BCUT2D eigenvalue weighted by molar-refractivity contribution is 0.102. The molecule has 9 heteroatoms. The van der Waals surface area contributed by atoms with Crippen molar-refractivity contribution in [3.05, 3.63) is 94.6 Å². The van der Waals surface area contributed by atoms with Crippen LogP contribution in [0.4, 0.5) is 0 Å². The van der Waals surface area contributed by atoms with Crippen LogP contribution < -0.4 is 28.4 Å². The molecule has 4 aromatic rings. The average Bonchev–Trinajstić information content (AvgIpc) is 2.99. The Balaban J connectivity index is 1.83. The van der Waals surface area contributed by atoms with Gasteiger partial charge in [-0.15, -0.1) is 0 Å². The van der Waals surface area contributed by atoms with E-state index in [2.05, 4.69) is 9.97 Å². The number of aromatic nitrogens is 2. The van der Waals surface area contributed by atoms with Crippen molar-refractivity contribution in [2.45, 2.75) is 27.1 Å². The molecule has 0 amide bonds. The number of hydrogen-bond acceptors (Lipinski definition) is 9. The lowest BCUT2D eigenvalue weighted by atomic mass is 9.95. The Kier molecular flexibility index (Phi) is 9.06. The molecule has 0 bridgehead atoms. The fourth-order valence-corrected chi connectivity index (χ4v) is 4.38. The van der Waals surface area contributed by atoms with Crippen LogP contribution >= 0.6 is 0 Å². The van der Waals surface area contributed by atoms with Crippen LogP contribution in [0.25, 0.3) is 0 Å². The molecule has 0 spiro atoms. The zero-order valence-electron chi connectivity index (χ0n) is 23.4. The SMILES string of the molecule is COc1cc(C)c(OCc2cccnc2)c(OC)c1C(=O)c1c(OC)cc(C)c(OCc2cccnc2)c1OC. The van der Waals surface area contributed by atoms with Crippen LogP contribution in [-0.2, 0) is 13.2 Å². The summed E-state index contributed by atoms with van der Waals surface area (Å²) in [5.74, 6) is 1.47. The molecule has 208 valence electrons. The van der Waals surface area contributed by atoms with E-state index >= 15 is 0 Å². The second-order valence-electron chi connectivity index (χ2n) is 8.90. The maximum atomic E-state index is 14.4. The minimum Gasteiger partial charge on any atom is -0.496 e. The van der Waals surface area contributed by atoms with Crippen LogP contribution in [0.5, 0.6) is 34.5 Å². The first kappa shape index (κ1) is 28.2. The molecule has 0 atom stereocenters. The highest BCUT2D eigenvalue weighted by Gasteiger charge is 2.32. The molecular weight excluding hydrogens is 512 g/mol. The van der Waals surface area contributed by atoms with Gasteiger partial charge in [0.1, 0.15) is 35.8 Å². The molecule has 0 saturated heterocycles. The maximum Gasteiger partial charge on any atom is 0.208 e. The summed E-state index contributed by atoms with van der Waals surface area (Å²) in [5.41, 5.74) is 3.52. The number of hydrogen-bond donors (Lipinski definition) is 0. The number of benzene rings is 2. The van der Waals surface area contributed by atoms with E-state index in [1.54, 1.807) is 36.9 Å². The zero-order valence-corrected chi connectivity index (χ0v) is 23.4. The molecule has 0 aliphatic carbocycles. The largest absolute Gasteiger partial charge is 0.496 e. The van der Waals surface area contributed by atoms with E-state index in [0.29, 0.717) is 23.0 Å². The zero-order chi connectivity index (χ0) is 28.6. The van der Waals surface area contributed by atoms with E-state index in [9.17, 15) is 4.79 Å². The molecule has 0 fully saturated rings. The van der Waals surface area contributed by atoms with E-state index in [1.165, 1.54) is 28.4 Å². The third-order valence-electron chi connectivity index (χ3n) is 6.29. The Morgan fingerprint density at radius 2 is 1.07 bits per heavy atom. The molecule has 0 aliphatic rings. The number of ketones is 1. The van der Waals surface area contributed by atoms with E-state index in [4.69, 9.17) is 28.4 Å². The number of rotatable bonds is 12. The summed E-state index contributed by atoms with van der Waals surface area (Å²) in [7, 11) is 5.95. The van der Waals surface area contributed by atoms with Gasteiger partial charge in [-0.25, -0.2) is 0 Å².